The Morgan fingerprint density at radius 3 is 2.86 bits per heavy atom. The van der Waals surface area contributed by atoms with Crippen molar-refractivity contribution in [3.63, 3.8) is 0 Å². The summed E-state index contributed by atoms with van der Waals surface area (Å²) in [7, 11) is 0. The Kier molecular flexibility index (Phi) is 3.46. The first-order valence-corrected chi connectivity index (χ1v) is 6.83. The number of hydrogen-bond donors (Lipinski definition) is 2. The quantitative estimate of drug-likeness (QED) is 0.753. The number of H-pyrrole nitrogens is 1. The monoisotopic (exact) mass is 297 g/mol. The molecule has 3 rings (SSSR count). The fourth-order valence-electron chi connectivity index (χ4n) is 2.32. The summed E-state index contributed by atoms with van der Waals surface area (Å²) >= 11 is 0. The second-order valence-corrected chi connectivity index (χ2v) is 4.98. The summed E-state index contributed by atoms with van der Waals surface area (Å²) in [5.74, 6) is 0.224. The van der Waals surface area contributed by atoms with Gasteiger partial charge in [0.2, 0.25) is 0 Å². The summed E-state index contributed by atoms with van der Waals surface area (Å²) in [6, 6.07) is 6.95. The van der Waals surface area contributed by atoms with Gasteiger partial charge in [0.15, 0.2) is 0 Å². The maximum Gasteiger partial charge on any atom is 0.272 e. The van der Waals surface area contributed by atoms with E-state index in [1.165, 1.54) is 6.07 Å². The molecule has 0 unspecified atom stereocenters. The van der Waals surface area contributed by atoms with E-state index in [1.807, 2.05) is 35.7 Å². The van der Waals surface area contributed by atoms with Gasteiger partial charge in [0, 0.05) is 12.3 Å². The van der Waals surface area contributed by atoms with Crippen molar-refractivity contribution in [1.82, 2.24) is 24.7 Å². The molecule has 3 heterocycles. The average molecular weight is 297 g/mol. The zero-order valence-corrected chi connectivity index (χ0v) is 12.3. The molecule has 2 N–H and O–H groups in total. The number of rotatable bonds is 3. The molecule has 0 saturated carbocycles. The average Bonchev–Trinajstić information content (AvgIpc) is 2.82. The highest BCUT2D eigenvalue weighted by Crippen LogP contribution is 2.11. The van der Waals surface area contributed by atoms with Crippen LogP contribution in [0.25, 0.3) is 5.65 Å². The third-order valence-corrected chi connectivity index (χ3v) is 3.33. The molecule has 7 nitrogen and oxygen atoms in total. The molecule has 0 atom stereocenters. The molecule has 0 aliphatic carbocycles. The van der Waals surface area contributed by atoms with Crippen LogP contribution >= 0.6 is 0 Å². The molecule has 112 valence electrons. The van der Waals surface area contributed by atoms with Gasteiger partial charge in [-0.3, -0.25) is 9.59 Å². The highest BCUT2D eigenvalue weighted by Gasteiger charge is 2.15. The summed E-state index contributed by atoms with van der Waals surface area (Å²) in [5.41, 5.74) is 2.13. The Labute approximate surface area is 126 Å². The zero-order chi connectivity index (χ0) is 15.7. The van der Waals surface area contributed by atoms with Crippen molar-refractivity contribution < 1.29 is 4.79 Å². The lowest BCUT2D eigenvalue weighted by Crippen LogP contribution is -2.25. The molecule has 0 saturated heterocycles. The van der Waals surface area contributed by atoms with Crippen LogP contribution in [0.15, 0.2) is 35.3 Å². The number of aromatic amines is 1. The lowest BCUT2D eigenvalue weighted by Gasteiger charge is -2.04. The molecule has 0 aliphatic rings. The number of pyridine rings is 1. The Morgan fingerprint density at radius 1 is 1.32 bits per heavy atom. The van der Waals surface area contributed by atoms with Gasteiger partial charge >= 0.3 is 0 Å². The Balaban J connectivity index is 1.81. The van der Waals surface area contributed by atoms with Gasteiger partial charge in [-0.25, -0.2) is 9.97 Å². The van der Waals surface area contributed by atoms with Crippen LogP contribution < -0.4 is 10.9 Å². The Bertz CT molecular complexity index is 910. The number of carbonyl (C=O) groups is 1. The molecule has 22 heavy (non-hydrogen) atoms. The van der Waals surface area contributed by atoms with E-state index in [2.05, 4.69) is 20.3 Å². The first-order valence-electron chi connectivity index (χ1n) is 6.83. The molecule has 0 aromatic carbocycles. The molecule has 0 bridgehead atoms. The molecule has 0 radical (unpaired) electrons. The highest BCUT2D eigenvalue weighted by molar-refractivity contribution is 5.94. The number of carbonyl (C=O) groups excluding carboxylic acids is 1. The smallest absolute Gasteiger partial charge is 0.272 e. The summed E-state index contributed by atoms with van der Waals surface area (Å²) in [5, 5.41) is 2.74. The van der Waals surface area contributed by atoms with Crippen LogP contribution in [0, 0.1) is 13.8 Å². The van der Waals surface area contributed by atoms with E-state index in [-0.39, 0.29) is 18.0 Å². The molecule has 0 spiro atoms. The number of aromatic nitrogens is 4. The standard InChI is InChI=1S/C15H15N5O2/c1-9-14(19-12-5-3-4-6-20(9)12)15(22)16-8-11-7-13(21)18-10(2)17-11/h3-7H,8H2,1-2H3,(H,16,22)(H,17,18,21). The van der Waals surface area contributed by atoms with Gasteiger partial charge in [0.1, 0.15) is 17.2 Å². The van der Waals surface area contributed by atoms with Gasteiger partial charge in [-0.1, -0.05) is 6.07 Å². The Morgan fingerprint density at radius 2 is 2.14 bits per heavy atom. The number of amides is 1. The normalized spacial score (nSPS) is 10.8. The van der Waals surface area contributed by atoms with E-state index in [9.17, 15) is 9.59 Å². The lowest BCUT2D eigenvalue weighted by atomic mass is 10.3. The van der Waals surface area contributed by atoms with Crippen molar-refractivity contribution in [2.75, 3.05) is 0 Å². The first kappa shape index (κ1) is 14.0. The lowest BCUT2D eigenvalue weighted by molar-refractivity contribution is 0.0945. The van der Waals surface area contributed by atoms with Crippen molar-refractivity contribution in [2.24, 2.45) is 0 Å². The summed E-state index contributed by atoms with van der Waals surface area (Å²) < 4.78 is 1.85. The molecule has 0 fully saturated rings. The van der Waals surface area contributed by atoms with Gasteiger partial charge in [-0.15, -0.1) is 0 Å². The maximum atomic E-state index is 12.3. The fraction of sp³-hybridized carbons (Fsp3) is 0.200. The Hall–Kier alpha value is -2.96. The van der Waals surface area contributed by atoms with Crippen LogP contribution in [0.5, 0.6) is 0 Å². The van der Waals surface area contributed by atoms with E-state index < -0.39 is 0 Å². The molecule has 1 amide bonds. The van der Waals surface area contributed by atoms with Crippen molar-refractivity contribution >= 4 is 11.6 Å². The minimum atomic E-state index is -0.291. The van der Waals surface area contributed by atoms with E-state index in [0.29, 0.717) is 17.2 Å². The second kappa shape index (κ2) is 5.44. The molecular weight excluding hydrogens is 282 g/mol. The summed E-state index contributed by atoms with van der Waals surface area (Å²) in [4.78, 5) is 34.7. The van der Waals surface area contributed by atoms with Crippen LogP contribution in [-0.4, -0.2) is 25.3 Å². The van der Waals surface area contributed by atoms with Gasteiger partial charge in [-0.05, 0) is 26.0 Å². The topological polar surface area (TPSA) is 92.2 Å². The third-order valence-electron chi connectivity index (χ3n) is 3.33. The summed E-state index contributed by atoms with van der Waals surface area (Å²) in [6.07, 6.45) is 1.86. The number of nitrogens with one attached hydrogen (secondary N) is 2. The largest absolute Gasteiger partial charge is 0.345 e. The summed E-state index contributed by atoms with van der Waals surface area (Å²) in [6.45, 7) is 3.71. The number of fused-ring (bicyclic) bond motifs is 1. The third kappa shape index (κ3) is 2.60. The van der Waals surface area contributed by atoms with Crippen molar-refractivity contribution in [3.8, 4) is 0 Å². The van der Waals surface area contributed by atoms with E-state index in [1.54, 1.807) is 6.92 Å². The molecule has 7 heteroatoms. The van der Waals surface area contributed by atoms with E-state index in [0.717, 1.165) is 11.3 Å². The minimum Gasteiger partial charge on any atom is -0.345 e. The van der Waals surface area contributed by atoms with Crippen molar-refractivity contribution in [2.45, 2.75) is 20.4 Å². The SMILES string of the molecule is Cc1nc(CNC(=O)c2nc3ccccn3c2C)cc(=O)[nH]1. The van der Waals surface area contributed by atoms with E-state index in [4.69, 9.17) is 0 Å². The molecule has 3 aromatic heterocycles. The van der Waals surface area contributed by atoms with Crippen molar-refractivity contribution in [3.05, 3.63) is 63.7 Å². The van der Waals surface area contributed by atoms with Crippen LogP contribution in [0.3, 0.4) is 0 Å². The van der Waals surface area contributed by atoms with Crippen LogP contribution in [0.2, 0.25) is 0 Å². The van der Waals surface area contributed by atoms with Crippen LogP contribution in [0.4, 0.5) is 0 Å². The second-order valence-electron chi connectivity index (χ2n) is 4.98. The van der Waals surface area contributed by atoms with Gasteiger partial charge in [-0.2, -0.15) is 0 Å². The maximum absolute atomic E-state index is 12.3. The van der Waals surface area contributed by atoms with Gasteiger partial charge in [0.25, 0.3) is 11.5 Å². The van der Waals surface area contributed by atoms with Crippen molar-refractivity contribution in [1.29, 1.82) is 0 Å². The number of hydrogen-bond acceptors (Lipinski definition) is 4. The van der Waals surface area contributed by atoms with Crippen LogP contribution in [-0.2, 0) is 6.54 Å². The van der Waals surface area contributed by atoms with Gasteiger partial charge in [0.05, 0.1) is 17.9 Å². The van der Waals surface area contributed by atoms with Gasteiger partial charge < -0.3 is 14.7 Å². The zero-order valence-electron chi connectivity index (χ0n) is 12.3. The molecular formula is C15H15N5O2. The predicted molar refractivity (Wildman–Crippen MR) is 80.7 cm³/mol. The number of aryl methyl sites for hydroxylation is 2. The van der Waals surface area contributed by atoms with Crippen LogP contribution in [0.1, 0.15) is 27.7 Å². The molecule has 3 aromatic rings. The number of nitrogens with zero attached hydrogens (tertiary/aromatic N) is 3. The number of imidazole rings is 1. The first-order chi connectivity index (χ1) is 10.5. The molecule has 0 aliphatic heterocycles. The van der Waals surface area contributed by atoms with E-state index >= 15 is 0 Å². The fourth-order valence-corrected chi connectivity index (χ4v) is 2.32. The predicted octanol–water partition coefficient (Wildman–Crippen LogP) is 0.964. The highest BCUT2D eigenvalue weighted by atomic mass is 16.2. The minimum absolute atomic E-state index is 0.177.